The van der Waals surface area contributed by atoms with Crippen LogP contribution < -0.4 is 5.32 Å². The zero-order valence-electron chi connectivity index (χ0n) is 19.3. The monoisotopic (exact) mass is 435 g/mol. The first-order chi connectivity index (χ1) is 13.4. The molecule has 0 aromatic carbocycles. The number of aliphatic hydroxyl groups excluding tert-OH is 1. The number of rotatable bonds is 11. The largest absolute Gasteiger partial charge is 0.450 e. The van der Waals surface area contributed by atoms with Crippen LogP contribution in [0.4, 0.5) is 4.79 Å². The van der Waals surface area contributed by atoms with E-state index < -0.39 is 38.0 Å². The maximum atomic E-state index is 12.2. The predicted octanol–water partition coefficient (Wildman–Crippen LogP) is 2.62. The average Bonchev–Trinajstić information content (AvgIpc) is 2.61. The summed E-state index contributed by atoms with van der Waals surface area (Å²) in [6.07, 6.45) is -1.92. The number of carbonyl (C=O) groups is 1. The zero-order chi connectivity index (χ0) is 22.2. The summed E-state index contributed by atoms with van der Waals surface area (Å²) >= 11 is 0. The zero-order valence-corrected chi connectivity index (χ0v) is 20.3. The van der Waals surface area contributed by atoms with E-state index in [1.54, 1.807) is 14.2 Å². The lowest BCUT2D eigenvalue weighted by Crippen LogP contribution is -2.57. The van der Waals surface area contributed by atoms with E-state index in [0.29, 0.717) is 26.1 Å². The standard InChI is InChI=1S/C20H41NO7Si/c1-20(2)16(22)12-15(28-17(20)11-14(25-4)13-24-3)18(26-5)21-19(23)27-9-10-29(6,7)8/h14-18,22H,9-13H2,1-8H3,(H,21,23)/t14-,15-,16+,17+,18-/m0/s1. The van der Waals surface area contributed by atoms with E-state index in [4.69, 9.17) is 23.7 Å². The minimum atomic E-state index is -1.28. The van der Waals surface area contributed by atoms with Crippen molar-refractivity contribution in [1.82, 2.24) is 5.32 Å². The lowest BCUT2D eigenvalue weighted by Gasteiger charge is -2.47. The Morgan fingerprint density at radius 1 is 1.24 bits per heavy atom. The van der Waals surface area contributed by atoms with Crippen molar-refractivity contribution in [1.29, 1.82) is 0 Å². The van der Waals surface area contributed by atoms with E-state index in [2.05, 4.69) is 25.0 Å². The summed E-state index contributed by atoms with van der Waals surface area (Å²) in [6, 6.07) is 0.894. The van der Waals surface area contributed by atoms with Gasteiger partial charge in [-0.1, -0.05) is 33.5 Å². The van der Waals surface area contributed by atoms with Crippen molar-refractivity contribution in [2.75, 3.05) is 34.5 Å². The number of nitrogens with one attached hydrogen (secondary N) is 1. The van der Waals surface area contributed by atoms with Crippen LogP contribution in [0.15, 0.2) is 0 Å². The summed E-state index contributed by atoms with van der Waals surface area (Å²) in [5.41, 5.74) is -0.475. The summed E-state index contributed by atoms with van der Waals surface area (Å²) in [6.45, 7) is 11.4. The van der Waals surface area contributed by atoms with Crippen molar-refractivity contribution in [2.24, 2.45) is 5.41 Å². The molecule has 1 heterocycles. The average molecular weight is 436 g/mol. The van der Waals surface area contributed by atoms with Crippen LogP contribution >= 0.6 is 0 Å². The number of hydrogen-bond donors (Lipinski definition) is 2. The number of carbonyl (C=O) groups excluding carboxylic acids is 1. The maximum Gasteiger partial charge on any atom is 0.409 e. The second-order valence-electron chi connectivity index (χ2n) is 9.53. The Hall–Kier alpha value is -0.713. The van der Waals surface area contributed by atoms with Gasteiger partial charge in [0.2, 0.25) is 0 Å². The Kier molecular flexibility index (Phi) is 10.5. The first kappa shape index (κ1) is 26.3. The molecule has 0 bridgehead atoms. The summed E-state index contributed by atoms with van der Waals surface area (Å²) in [5.74, 6) is 0. The molecule has 0 unspecified atom stereocenters. The van der Waals surface area contributed by atoms with Crippen molar-refractivity contribution in [3.8, 4) is 0 Å². The van der Waals surface area contributed by atoms with Gasteiger partial charge in [-0.25, -0.2) is 4.79 Å². The van der Waals surface area contributed by atoms with Crippen LogP contribution in [-0.4, -0.2) is 84.5 Å². The SMILES string of the molecule is COC[C@H](C[C@H]1O[C@H]([C@@H](NC(=O)OCC[Si](C)(C)C)OC)C[C@@H](O)C1(C)C)OC. The smallest absolute Gasteiger partial charge is 0.409 e. The van der Waals surface area contributed by atoms with Crippen LogP contribution in [0, 0.1) is 5.41 Å². The van der Waals surface area contributed by atoms with E-state index in [-0.39, 0.29) is 12.2 Å². The van der Waals surface area contributed by atoms with Crippen LogP contribution in [-0.2, 0) is 23.7 Å². The lowest BCUT2D eigenvalue weighted by atomic mass is 9.74. The lowest BCUT2D eigenvalue weighted by molar-refractivity contribution is -0.214. The summed E-state index contributed by atoms with van der Waals surface area (Å²) < 4.78 is 27.7. The molecule has 2 N–H and O–H groups in total. The first-order valence-corrected chi connectivity index (χ1v) is 14.0. The van der Waals surface area contributed by atoms with Crippen LogP contribution in [0.3, 0.4) is 0 Å². The second-order valence-corrected chi connectivity index (χ2v) is 15.2. The third-order valence-electron chi connectivity index (χ3n) is 5.58. The van der Waals surface area contributed by atoms with Crippen LogP contribution in [0.25, 0.3) is 0 Å². The van der Waals surface area contributed by atoms with Gasteiger partial charge in [-0.3, -0.25) is 5.32 Å². The van der Waals surface area contributed by atoms with Crippen molar-refractivity contribution in [3.05, 3.63) is 0 Å². The van der Waals surface area contributed by atoms with Gasteiger partial charge in [0.25, 0.3) is 0 Å². The molecular formula is C20H41NO7Si. The van der Waals surface area contributed by atoms with Crippen molar-refractivity contribution in [3.63, 3.8) is 0 Å². The third kappa shape index (κ3) is 8.51. The van der Waals surface area contributed by atoms with Gasteiger partial charge in [0, 0.05) is 47.7 Å². The minimum absolute atomic E-state index is 0.157. The first-order valence-electron chi connectivity index (χ1n) is 10.3. The molecule has 9 heteroatoms. The number of hydrogen-bond acceptors (Lipinski definition) is 7. The molecule has 0 spiro atoms. The second kappa shape index (κ2) is 11.6. The molecule has 0 aromatic heterocycles. The van der Waals surface area contributed by atoms with Gasteiger partial charge in [-0.05, 0) is 6.04 Å². The molecule has 1 rings (SSSR count). The van der Waals surface area contributed by atoms with Crippen LogP contribution in [0.1, 0.15) is 26.7 Å². The Labute approximate surface area is 176 Å². The number of methoxy groups -OCH3 is 3. The predicted molar refractivity (Wildman–Crippen MR) is 114 cm³/mol. The summed E-state index contributed by atoms with van der Waals surface area (Å²) in [7, 11) is 3.47. The fourth-order valence-corrected chi connectivity index (χ4v) is 4.02. The van der Waals surface area contributed by atoms with Crippen LogP contribution in [0.2, 0.25) is 25.7 Å². The molecular weight excluding hydrogens is 394 g/mol. The summed E-state index contributed by atoms with van der Waals surface area (Å²) in [5, 5.41) is 13.5. The number of aliphatic hydroxyl groups is 1. The van der Waals surface area contributed by atoms with Gasteiger partial charge in [-0.2, -0.15) is 0 Å². The van der Waals surface area contributed by atoms with Crippen molar-refractivity contribution < 1.29 is 33.6 Å². The van der Waals surface area contributed by atoms with E-state index in [9.17, 15) is 9.90 Å². The van der Waals surface area contributed by atoms with E-state index in [1.165, 1.54) is 7.11 Å². The van der Waals surface area contributed by atoms with Gasteiger partial charge in [0.05, 0.1) is 31.5 Å². The molecule has 0 radical (unpaired) electrons. The molecule has 1 aliphatic heterocycles. The Balaban J connectivity index is 2.74. The molecule has 172 valence electrons. The molecule has 0 aliphatic carbocycles. The number of ether oxygens (including phenoxy) is 5. The quantitative estimate of drug-likeness (QED) is 0.380. The van der Waals surface area contributed by atoms with Gasteiger partial charge < -0.3 is 28.8 Å². The van der Waals surface area contributed by atoms with E-state index >= 15 is 0 Å². The topological polar surface area (TPSA) is 95.5 Å². The minimum Gasteiger partial charge on any atom is -0.450 e. The highest BCUT2D eigenvalue weighted by Gasteiger charge is 2.47. The number of alkyl carbamates (subject to hydrolysis) is 1. The van der Waals surface area contributed by atoms with Crippen LogP contribution in [0.5, 0.6) is 0 Å². The highest BCUT2D eigenvalue weighted by molar-refractivity contribution is 6.76. The fraction of sp³-hybridized carbons (Fsp3) is 0.950. The highest BCUT2D eigenvalue weighted by atomic mass is 28.3. The molecule has 1 saturated heterocycles. The highest BCUT2D eigenvalue weighted by Crippen LogP contribution is 2.39. The van der Waals surface area contributed by atoms with Gasteiger partial charge >= 0.3 is 6.09 Å². The molecule has 29 heavy (non-hydrogen) atoms. The maximum absolute atomic E-state index is 12.2. The Bertz CT molecular complexity index is 498. The molecule has 0 saturated carbocycles. The Morgan fingerprint density at radius 2 is 1.90 bits per heavy atom. The number of amides is 1. The molecule has 1 aliphatic rings. The third-order valence-corrected chi connectivity index (χ3v) is 7.29. The van der Waals surface area contributed by atoms with E-state index in [0.717, 1.165) is 6.04 Å². The Morgan fingerprint density at radius 3 is 2.41 bits per heavy atom. The molecule has 1 amide bonds. The summed E-state index contributed by atoms with van der Waals surface area (Å²) in [4.78, 5) is 12.2. The van der Waals surface area contributed by atoms with E-state index in [1.807, 2.05) is 13.8 Å². The molecule has 5 atom stereocenters. The van der Waals surface area contributed by atoms with Crippen molar-refractivity contribution in [2.45, 2.75) is 83.0 Å². The van der Waals surface area contributed by atoms with Crippen molar-refractivity contribution >= 4 is 14.2 Å². The van der Waals surface area contributed by atoms with Gasteiger partial charge in [-0.15, -0.1) is 0 Å². The molecule has 8 nitrogen and oxygen atoms in total. The van der Waals surface area contributed by atoms with Gasteiger partial charge in [0.1, 0.15) is 6.10 Å². The normalized spacial score (nSPS) is 26.6. The van der Waals surface area contributed by atoms with Gasteiger partial charge in [0.15, 0.2) is 6.23 Å². The fourth-order valence-electron chi connectivity index (χ4n) is 3.30. The molecule has 0 aromatic rings. The molecule has 1 fully saturated rings.